The number of nitrogens with two attached hydrogens (primary N) is 1. The van der Waals surface area contributed by atoms with Gasteiger partial charge in [0.15, 0.2) is 0 Å². The van der Waals surface area contributed by atoms with Crippen LogP contribution >= 0.6 is 0 Å². The summed E-state index contributed by atoms with van der Waals surface area (Å²) in [5.41, 5.74) is 6.82. The third-order valence-electron chi connectivity index (χ3n) is 2.71. The van der Waals surface area contributed by atoms with E-state index in [2.05, 4.69) is 0 Å². The molecular weight excluding hydrogens is 192 g/mol. The second-order valence-corrected chi connectivity index (χ2v) is 3.61. The van der Waals surface area contributed by atoms with Crippen LogP contribution in [0, 0.1) is 0 Å². The Labute approximate surface area is 87.7 Å². The van der Waals surface area contributed by atoms with Gasteiger partial charge >= 0.3 is 0 Å². The van der Waals surface area contributed by atoms with E-state index in [0.29, 0.717) is 5.56 Å². The first kappa shape index (κ1) is 9.71. The number of nitrogens with zero attached hydrogens (tertiary/aromatic N) is 1. The molecule has 1 unspecified atom stereocenters. The number of benzene rings is 1. The Morgan fingerprint density at radius 2 is 2.07 bits per heavy atom. The maximum absolute atomic E-state index is 11.0. The van der Waals surface area contributed by atoms with Gasteiger partial charge in [-0.15, -0.1) is 0 Å². The number of carbonyl (C=O) groups excluding carboxylic acids is 2. The Hall–Kier alpha value is -1.84. The number of rotatable bonds is 3. The minimum absolute atomic E-state index is 0.188. The lowest BCUT2D eigenvalue weighted by atomic mass is 10.0. The summed E-state index contributed by atoms with van der Waals surface area (Å²) >= 11 is 0. The van der Waals surface area contributed by atoms with Gasteiger partial charge in [0.05, 0.1) is 0 Å². The Morgan fingerprint density at radius 3 is 2.47 bits per heavy atom. The van der Waals surface area contributed by atoms with E-state index in [0.717, 1.165) is 24.9 Å². The van der Waals surface area contributed by atoms with Gasteiger partial charge in [0.25, 0.3) is 0 Å². The highest BCUT2D eigenvalue weighted by Crippen LogP contribution is 2.26. The molecule has 4 heteroatoms. The van der Waals surface area contributed by atoms with Crippen LogP contribution in [0.2, 0.25) is 0 Å². The molecule has 1 heterocycles. The Morgan fingerprint density at radius 1 is 1.40 bits per heavy atom. The first-order valence-electron chi connectivity index (χ1n) is 4.83. The minimum atomic E-state index is -0.291. The molecule has 1 fully saturated rings. The molecule has 1 atom stereocenters. The molecule has 1 aliphatic rings. The fourth-order valence-electron chi connectivity index (χ4n) is 1.74. The highest BCUT2D eigenvalue weighted by Gasteiger charge is 2.32. The fraction of sp³-hybridized carbons (Fsp3) is 0.273. The van der Waals surface area contributed by atoms with E-state index in [1.54, 1.807) is 12.1 Å². The Bertz CT molecular complexity index is 386. The van der Waals surface area contributed by atoms with E-state index in [4.69, 9.17) is 5.73 Å². The largest absolute Gasteiger partial charge is 0.368 e. The summed E-state index contributed by atoms with van der Waals surface area (Å²) in [4.78, 5) is 23.4. The van der Waals surface area contributed by atoms with Crippen LogP contribution in [0.25, 0.3) is 0 Å². The van der Waals surface area contributed by atoms with Crippen LogP contribution in [-0.4, -0.2) is 24.8 Å². The van der Waals surface area contributed by atoms with Crippen molar-refractivity contribution < 1.29 is 9.59 Å². The molecule has 1 aromatic carbocycles. The van der Waals surface area contributed by atoms with Crippen LogP contribution in [0.3, 0.4) is 0 Å². The molecule has 1 aliphatic heterocycles. The lowest BCUT2D eigenvalue weighted by Gasteiger charge is -2.40. The molecule has 0 saturated carbocycles. The van der Waals surface area contributed by atoms with Crippen LogP contribution in [0.1, 0.15) is 16.8 Å². The van der Waals surface area contributed by atoms with Crippen molar-refractivity contribution in [3.63, 3.8) is 0 Å². The minimum Gasteiger partial charge on any atom is -0.368 e. The van der Waals surface area contributed by atoms with Gasteiger partial charge in [0.2, 0.25) is 5.91 Å². The smallest absolute Gasteiger partial charge is 0.240 e. The van der Waals surface area contributed by atoms with Crippen molar-refractivity contribution in [1.82, 2.24) is 0 Å². The van der Waals surface area contributed by atoms with Gasteiger partial charge in [-0.25, -0.2) is 0 Å². The van der Waals surface area contributed by atoms with Crippen molar-refractivity contribution in [2.45, 2.75) is 12.5 Å². The van der Waals surface area contributed by atoms with Crippen molar-refractivity contribution in [1.29, 1.82) is 0 Å². The highest BCUT2D eigenvalue weighted by molar-refractivity contribution is 5.85. The molecule has 2 N–H and O–H groups in total. The third kappa shape index (κ3) is 1.70. The number of amides is 1. The Kier molecular flexibility index (Phi) is 2.41. The van der Waals surface area contributed by atoms with Crippen LogP contribution in [0.5, 0.6) is 0 Å². The van der Waals surface area contributed by atoms with Gasteiger partial charge in [0, 0.05) is 17.8 Å². The van der Waals surface area contributed by atoms with Crippen LogP contribution in [0.15, 0.2) is 24.3 Å². The standard InChI is InChI=1S/C11H12N2O2/c12-11(15)10-5-6-13(10)9-3-1-8(7-14)2-4-9/h1-4,7,10H,5-6H2,(H2,12,15). The number of aldehydes is 1. The summed E-state index contributed by atoms with van der Waals surface area (Å²) in [7, 11) is 0. The zero-order valence-corrected chi connectivity index (χ0v) is 8.22. The summed E-state index contributed by atoms with van der Waals surface area (Å²) in [6.07, 6.45) is 1.61. The second kappa shape index (κ2) is 3.73. The molecule has 0 aromatic heterocycles. The predicted molar refractivity (Wildman–Crippen MR) is 56.8 cm³/mol. The zero-order chi connectivity index (χ0) is 10.8. The maximum Gasteiger partial charge on any atom is 0.240 e. The average molecular weight is 204 g/mol. The van der Waals surface area contributed by atoms with E-state index in [9.17, 15) is 9.59 Å². The first-order chi connectivity index (χ1) is 7.22. The SMILES string of the molecule is NC(=O)C1CCN1c1ccc(C=O)cc1. The van der Waals surface area contributed by atoms with Crippen molar-refractivity contribution >= 4 is 17.9 Å². The number of anilines is 1. The van der Waals surface area contributed by atoms with Crippen LogP contribution in [0.4, 0.5) is 5.69 Å². The van der Waals surface area contributed by atoms with Crippen molar-refractivity contribution in [2.75, 3.05) is 11.4 Å². The summed E-state index contributed by atoms with van der Waals surface area (Å²) in [6.45, 7) is 0.841. The molecule has 4 nitrogen and oxygen atoms in total. The fourth-order valence-corrected chi connectivity index (χ4v) is 1.74. The first-order valence-corrected chi connectivity index (χ1v) is 4.83. The van der Waals surface area contributed by atoms with Gasteiger partial charge in [-0.3, -0.25) is 9.59 Å². The summed E-state index contributed by atoms with van der Waals surface area (Å²) < 4.78 is 0. The van der Waals surface area contributed by atoms with Gasteiger partial charge in [0.1, 0.15) is 12.3 Å². The second-order valence-electron chi connectivity index (χ2n) is 3.61. The number of carbonyl (C=O) groups is 2. The molecule has 1 amide bonds. The molecule has 0 bridgehead atoms. The summed E-state index contributed by atoms with van der Waals surface area (Å²) in [5, 5.41) is 0. The molecule has 0 radical (unpaired) electrons. The maximum atomic E-state index is 11.0. The van der Waals surface area contributed by atoms with Gasteiger partial charge in [-0.2, -0.15) is 0 Å². The van der Waals surface area contributed by atoms with Gasteiger partial charge in [-0.1, -0.05) is 0 Å². The normalized spacial score (nSPS) is 19.5. The predicted octanol–water partition coefficient (Wildman–Crippen LogP) is 0.563. The van der Waals surface area contributed by atoms with E-state index < -0.39 is 0 Å². The molecular formula is C11H12N2O2. The lowest BCUT2D eigenvalue weighted by Crippen LogP contribution is -2.55. The lowest BCUT2D eigenvalue weighted by molar-refractivity contribution is -0.120. The van der Waals surface area contributed by atoms with Gasteiger partial charge < -0.3 is 10.6 Å². The Balaban J connectivity index is 2.16. The monoisotopic (exact) mass is 204 g/mol. The van der Waals surface area contributed by atoms with E-state index in [1.165, 1.54) is 0 Å². The molecule has 1 saturated heterocycles. The molecule has 2 rings (SSSR count). The van der Waals surface area contributed by atoms with Crippen molar-refractivity contribution in [3.05, 3.63) is 29.8 Å². The highest BCUT2D eigenvalue weighted by atomic mass is 16.1. The molecule has 0 aliphatic carbocycles. The summed E-state index contributed by atoms with van der Waals surface area (Å²) in [5.74, 6) is -0.291. The average Bonchev–Trinajstić information content (AvgIpc) is 2.16. The van der Waals surface area contributed by atoms with E-state index in [-0.39, 0.29) is 11.9 Å². The van der Waals surface area contributed by atoms with E-state index >= 15 is 0 Å². The number of primary amides is 1. The van der Waals surface area contributed by atoms with Crippen molar-refractivity contribution in [2.24, 2.45) is 5.73 Å². The molecule has 0 spiro atoms. The molecule has 78 valence electrons. The number of hydrogen-bond donors (Lipinski definition) is 1. The number of hydrogen-bond acceptors (Lipinski definition) is 3. The quantitative estimate of drug-likeness (QED) is 0.732. The van der Waals surface area contributed by atoms with Crippen molar-refractivity contribution in [3.8, 4) is 0 Å². The van der Waals surface area contributed by atoms with Gasteiger partial charge in [-0.05, 0) is 30.7 Å². The topological polar surface area (TPSA) is 63.4 Å². The third-order valence-corrected chi connectivity index (χ3v) is 2.71. The van der Waals surface area contributed by atoms with Crippen LogP contribution < -0.4 is 10.6 Å². The molecule has 1 aromatic rings. The molecule has 15 heavy (non-hydrogen) atoms. The zero-order valence-electron chi connectivity index (χ0n) is 8.22. The summed E-state index contributed by atoms with van der Waals surface area (Å²) in [6, 6.07) is 6.95. The van der Waals surface area contributed by atoms with E-state index in [1.807, 2.05) is 17.0 Å². The van der Waals surface area contributed by atoms with Crippen LogP contribution in [-0.2, 0) is 4.79 Å².